The third-order valence-corrected chi connectivity index (χ3v) is 8.96. The average Bonchev–Trinajstić information content (AvgIpc) is 2.76. The second kappa shape index (κ2) is 9.87. The fraction of sp³-hybridized carbons (Fsp3) is 0.714. The zero-order valence-corrected chi connectivity index (χ0v) is 19.7. The molecule has 0 N–H and O–H groups in total. The predicted molar refractivity (Wildman–Crippen MR) is 115 cm³/mol. The lowest BCUT2D eigenvalue weighted by molar-refractivity contribution is -0.285. The van der Waals surface area contributed by atoms with E-state index in [2.05, 4.69) is 4.74 Å². The van der Waals surface area contributed by atoms with Crippen molar-refractivity contribution in [3.8, 4) is 5.75 Å². The Morgan fingerprint density at radius 1 is 1.09 bits per heavy atom. The highest BCUT2D eigenvalue weighted by molar-refractivity contribution is 7.89. The lowest BCUT2D eigenvalue weighted by Crippen LogP contribution is -2.63. The van der Waals surface area contributed by atoms with Gasteiger partial charge in [-0.2, -0.15) is 4.31 Å². The van der Waals surface area contributed by atoms with Crippen LogP contribution in [0.4, 0.5) is 13.2 Å². The highest BCUT2D eigenvalue weighted by Gasteiger charge is 2.46. The van der Waals surface area contributed by atoms with E-state index in [0.717, 1.165) is 19.3 Å². The first-order valence-electron chi connectivity index (χ1n) is 11.1. The van der Waals surface area contributed by atoms with Crippen LogP contribution in [-0.4, -0.2) is 74.4 Å². The van der Waals surface area contributed by atoms with E-state index in [4.69, 9.17) is 21.1 Å². The van der Waals surface area contributed by atoms with Gasteiger partial charge in [0, 0.05) is 19.6 Å². The smallest absolute Gasteiger partial charge is 0.404 e. The molecule has 0 amide bonds. The number of rotatable bonds is 5. The van der Waals surface area contributed by atoms with Crippen LogP contribution in [-0.2, 0) is 26.0 Å². The fourth-order valence-electron chi connectivity index (χ4n) is 4.77. The number of hydrogen-bond donors (Lipinski definition) is 0. The van der Waals surface area contributed by atoms with Gasteiger partial charge < -0.3 is 14.2 Å². The normalized spacial score (nSPS) is 26.5. The number of sulfonamides is 1. The SMILES string of the molecule is O=S(=O)(C1CCCCC1)N1CCOC2(CN(Cc3ccc(OC(F)(F)F)c(Cl)c3)CCO2)C1. The number of hydrogen-bond acceptors (Lipinski definition) is 6. The van der Waals surface area contributed by atoms with Crippen molar-refractivity contribution in [2.24, 2.45) is 0 Å². The van der Waals surface area contributed by atoms with Gasteiger partial charge in [-0.25, -0.2) is 8.42 Å². The molecule has 186 valence electrons. The van der Waals surface area contributed by atoms with Crippen molar-refractivity contribution >= 4 is 21.6 Å². The quantitative estimate of drug-likeness (QED) is 0.598. The van der Waals surface area contributed by atoms with E-state index in [1.165, 1.54) is 22.5 Å². The van der Waals surface area contributed by atoms with Crippen molar-refractivity contribution in [3.05, 3.63) is 28.8 Å². The molecule has 4 rings (SSSR count). The maximum absolute atomic E-state index is 13.2. The maximum Gasteiger partial charge on any atom is 0.573 e. The Balaban J connectivity index is 1.42. The zero-order valence-electron chi connectivity index (χ0n) is 18.2. The monoisotopic (exact) mass is 512 g/mol. The number of benzene rings is 1. The Morgan fingerprint density at radius 3 is 2.45 bits per heavy atom. The Labute approximate surface area is 196 Å². The second-order valence-corrected chi connectivity index (χ2v) is 11.4. The van der Waals surface area contributed by atoms with Crippen LogP contribution in [0.2, 0.25) is 5.02 Å². The van der Waals surface area contributed by atoms with E-state index in [9.17, 15) is 21.6 Å². The van der Waals surface area contributed by atoms with Gasteiger partial charge in [-0.15, -0.1) is 13.2 Å². The molecule has 1 aromatic rings. The first-order chi connectivity index (χ1) is 15.6. The molecular formula is C21H28ClF3N2O5S. The molecular weight excluding hydrogens is 485 g/mol. The largest absolute Gasteiger partial charge is 0.573 e. The molecule has 2 aliphatic heterocycles. The molecule has 1 aliphatic carbocycles. The van der Waals surface area contributed by atoms with Gasteiger partial charge in [0.1, 0.15) is 5.75 Å². The Hall–Kier alpha value is -1.11. The van der Waals surface area contributed by atoms with Crippen LogP contribution in [0.25, 0.3) is 0 Å². The van der Waals surface area contributed by atoms with Crippen LogP contribution in [0, 0.1) is 0 Å². The van der Waals surface area contributed by atoms with Crippen molar-refractivity contribution in [3.63, 3.8) is 0 Å². The van der Waals surface area contributed by atoms with Crippen molar-refractivity contribution in [1.29, 1.82) is 0 Å². The Kier molecular flexibility index (Phi) is 7.47. The molecule has 1 saturated carbocycles. The van der Waals surface area contributed by atoms with Crippen LogP contribution in [0.15, 0.2) is 18.2 Å². The molecule has 1 spiro atoms. The second-order valence-electron chi connectivity index (χ2n) is 8.77. The summed E-state index contributed by atoms with van der Waals surface area (Å²) in [7, 11) is -3.43. The molecule has 2 saturated heterocycles. The molecule has 2 heterocycles. The van der Waals surface area contributed by atoms with Crippen LogP contribution in [0.5, 0.6) is 5.75 Å². The fourth-order valence-corrected chi connectivity index (χ4v) is 7.07. The van der Waals surface area contributed by atoms with Gasteiger partial charge >= 0.3 is 6.36 Å². The van der Waals surface area contributed by atoms with Crippen molar-refractivity contribution in [2.75, 3.05) is 39.4 Å². The molecule has 33 heavy (non-hydrogen) atoms. The van der Waals surface area contributed by atoms with Crippen molar-refractivity contribution in [1.82, 2.24) is 9.21 Å². The molecule has 1 aromatic carbocycles. The average molecular weight is 513 g/mol. The summed E-state index contributed by atoms with van der Waals surface area (Å²) in [6.45, 7) is 2.33. The minimum Gasteiger partial charge on any atom is -0.404 e. The summed E-state index contributed by atoms with van der Waals surface area (Å²) in [5.41, 5.74) is 0.703. The van der Waals surface area contributed by atoms with Crippen molar-refractivity contribution < 1.29 is 35.8 Å². The summed E-state index contributed by atoms with van der Waals surface area (Å²) in [6, 6.07) is 4.15. The predicted octanol–water partition coefficient (Wildman–Crippen LogP) is 3.76. The lowest BCUT2D eigenvalue weighted by atomic mass is 10.0. The molecule has 3 aliphatic rings. The topological polar surface area (TPSA) is 68.3 Å². The van der Waals surface area contributed by atoms with Gasteiger partial charge in [-0.05, 0) is 30.5 Å². The van der Waals surface area contributed by atoms with E-state index in [0.29, 0.717) is 51.2 Å². The van der Waals surface area contributed by atoms with Crippen LogP contribution in [0.1, 0.15) is 37.7 Å². The summed E-state index contributed by atoms with van der Waals surface area (Å²) in [4.78, 5) is 2.02. The minimum absolute atomic E-state index is 0.126. The van der Waals surface area contributed by atoms with E-state index >= 15 is 0 Å². The number of alkyl halides is 3. The van der Waals surface area contributed by atoms with E-state index in [-0.39, 0.29) is 23.4 Å². The van der Waals surface area contributed by atoms with E-state index < -0.39 is 27.9 Å². The molecule has 0 aromatic heterocycles. The number of morpholine rings is 2. The third-order valence-electron chi connectivity index (χ3n) is 6.32. The van der Waals surface area contributed by atoms with E-state index in [1.807, 2.05) is 4.90 Å². The van der Waals surface area contributed by atoms with Gasteiger partial charge in [-0.3, -0.25) is 4.90 Å². The minimum atomic E-state index is -4.82. The van der Waals surface area contributed by atoms with Crippen LogP contribution >= 0.6 is 11.6 Å². The molecule has 3 fully saturated rings. The van der Waals surface area contributed by atoms with Gasteiger partial charge in [0.05, 0.1) is 36.6 Å². The van der Waals surface area contributed by atoms with Gasteiger partial charge in [0.15, 0.2) is 5.79 Å². The Morgan fingerprint density at radius 2 is 1.79 bits per heavy atom. The number of nitrogens with zero attached hydrogens (tertiary/aromatic N) is 2. The number of halogens is 4. The third kappa shape index (κ3) is 6.12. The van der Waals surface area contributed by atoms with Crippen LogP contribution < -0.4 is 4.74 Å². The summed E-state index contributed by atoms with van der Waals surface area (Å²) in [6.07, 6.45) is -0.505. The summed E-state index contributed by atoms with van der Waals surface area (Å²) in [5.74, 6) is -1.52. The highest BCUT2D eigenvalue weighted by Crippen LogP contribution is 2.33. The molecule has 0 radical (unpaired) electrons. The molecule has 7 nitrogen and oxygen atoms in total. The van der Waals surface area contributed by atoms with Crippen LogP contribution in [0.3, 0.4) is 0 Å². The summed E-state index contributed by atoms with van der Waals surface area (Å²) in [5, 5.41) is -0.480. The first-order valence-corrected chi connectivity index (χ1v) is 13.0. The Bertz CT molecular complexity index is 938. The first kappa shape index (κ1) is 25.0. The summed E-state index contributed by atoms with van der Waals surface area (Å²) < 4.78 is 81.1. The van der Waals surface area contributed by atoms with Crippen molar-refractivity contribution in [2.45, 2.75) is 56.0 Å². The van der Waals surface area contributed by atoms with Gasteiger partial charge in [-0.1, -0.05) is 36.9 Å². The summed E-state index contributed by atoms with van der Waals surface area (Å²) >= 11 is 5.97. The standard InChI is InChI=1S/C21H28ClF3N2O5S/c22-18-12-16(6-7-19(18)32-21(23,24)25)13-26-8-10-30-20(14-26)15-27(9-11-31-20)33(28,29)17-4-2-1-3-5-17/h6-7,12,17H,1-5,8-11,13-15H2. The lowest BCUT2D eigenvalue weighted by Gasteiger charge is -2.47. The molecule has 12 heteroatoms. The maximum atomic E-state index is 13.2. The molecule has 0 bridgehead atoms. The molecule has 1 atom stereocenters. The van der Waals surface area contributed by atoms with Gasteiger partial charge in [0.25, 0.3) is 0 Å². The van der Waals surface area contributed by atoms with E-state index in [1.54, 1.807) is 0 Å². The molecule has 1 unspecified atom stereocenters. The number of ether oxygens (including phenoxy) is 3. The zero-order chi connectivity index (χ0) is 23.7. The van der Waals surface area contributed by atoms with Gasteiger partial charge in [0.2, 0.25) is 10.0 Å². The highest BCUT2D eigenvalue weighted by atomic mass is 35.5.